The number of fused-ring (bicyclic) bond motifs is 2. The third-order valence-electron chi connectivity index (χ3n) is 23.7. The number of aromatic carboxylic acids is 1. The summed E-state index contributed by atoms with van der Waals surface area (Å²) < 4.78 is 21.8. The van der Waals surface area contributed by atoms with E-state index in [1.807, 2.05) is 121 Å². The highest BCUT2D eigenvalue weighted by Gasteiger charge is 2.30. The van der Waals surface area contributed by atoms with Crippen LogP contribution in [0.25, 0.3) is 89.1 Å². The zero-order valence-corrected chi connectivity index (χ0v) is 82.2. The maximum atomic E-state index is 13.9. The van der Waals surface area contributed by atoms with E-state index in [2.05, 4.69) is 82.7 Å². The van der Waals surface area contributed by atoms with Crippen LogP contribution in [0.2, 0.25) is 20.1 Å². The number of aliphatic carboxylic acids is 1. The van der Waals surface area contributed by atoms with Crippen LogP contribution in [0.3, 0.4) is 0 Å². The van der Waals surface area contributed by atoms with E-state index < -0.39 is 70.7 Å². The van der Waals surface area contributed by atoms with E-state index in [1.54, 1.807) is 179 Å². The van der Waals surface area contributed by atoms with E-state index in [0.29, 0.717) is 127 Å². The van der Waals surface area contributed by atoms with Crippen molar-refractivity contribution in [2.24, 2.45) is 0 Å². The van der Waals surface area contributed by atoms with Gasteiger partial charge in [-0.15, -0.1) is 20.4 Å². The van der Waals surface area contributed by atoms with Crippen LogP contribution in [0.4, 0.5) is 11.4 Å². The van der Waals surface area contributed by atoms with Gasteiger partial charge in [0.2, 0.25) is 11.8 Å². The number of amides is 2. The fourth-order valence-electron chi connectivity index (χ4n) is 16.7. The van der Waals surface area contributed by atoms with Crippen LogP contribution in [0, 0.1) is 0 Å². The molecule has 0 saturated carbocycles. The van der Waals surface area contributed by atoms with Gasteiger partial charge in [0, 0.05) is 150 Å². The first-order chi connectivity index (χ1) is 72.0. The molecule has 149 heavy (non-hydrogen) atoms. The van der Waals surface area contributed by atoms with Crippen molar-refractivity contribution in [1.29, 1.82) is 0 Å². The Morgan fingerprint density at radius 3 is 0.940 bits per heavy atom. The number of rotatable bonds is 28. The fraction of sp³-hybridized carbons (Fsp3) is 0.121. The average Bonchev–Trinajstić information content (AvgIpc) is 1.58. The van der Waals surface area contributed by atoms with Gasteiger partial charge < -0.3 is 58.6 Å². The van der Waals surface area contributed by atoms with Crippen LogP contribution in [0.5, 0.6) is 0 Å². The van der Waals surface area contributed by atoms with E-state index in [0.717, 1.165) is 27.6 Å². The van der Waals surface area contributed by atoms with Gasteiger partial charge in [-0.2, -0.15) is 18.7 Å². The molecule has 42 heteroatoms. The van der Waals surface area contributed by atoms with E-state index in [1.165, 1.54) is 106 Å². The summed E-state index contributed by atoms with van der Waals surface area (Å²) in [5.74, 6) is -3.90. The topological polar surface area (TPSA) is 479 Å². The highest BCUT2D eigenvalue weighted by molar-refractivity contribution is 6.32. The minimum Gasteiger partial charge on any atom is -0.480 e. The molecule has 0 saturated heterocycles. The summed E-state index contributed by atoms with van der Waals surface area (Å²) in [4.78, 5) is 135. The Labute approximate surface area is 865 Å². The molecule has 0 spiro atoms. The van der Waals surface area contributed by atoms with Crippen molar-refractivity contribution in [2.75, 3.05) is 17.7 Å². The minimum atomic E-state index is -1.08. The molecular formula is C107H86Cl4N24O14. The first kappa shape index (κ1) is 102. The molecule has 0 fully saturated rings. The highest BCUT2D eigenvalue weighted by Crippen LogP contribution is 2.36. The molecule has 20 rings (SSSR count). The zero-order chi connectivity index (χ0) is 105. The SMILES string of the molecule is CC(C)(C)OC(=O)c1cc2cc(NC(=O)C(Cc3ccccc3)n3ccc(-c4cc(Cl)ccc4-n4cnnn4)cc3=O)ccc2[nH]1.COC(=O)C(Cc1ccccc1)n1ccc(-c2cc(Cl)ccc2-n2cnnn2)cc1=O.O=C(O)C(Cc1ccccc1)n1ccc(-c2cc(Cl)ccc2-n2cnnn2)cc1=O.O=C(O)c1cc2cc(NC(=O)C(Cc3ccccc3)n3ccc(-c4cc(Cl)ccc4-n4cnnn4)cc3=O)ccc2[nH]1. The van der Waals surface area contributed by atoms with Gasteiger partial charge in [-0.25, -0.2) is 19.2 Å². The number of ether oxygens (including phenoxy) is 2. The van der Waals surface area contributed by atoms with Crippen molar-refractivity contribution >= 4 is 115 Å². The van der Waals surface area contributed by atoms with Crippen molar-refractivity contribution in [1.82, 2.24) is 109 Å². The monoisotopic (exact) mass is 2070 g/mol. The molecule has 4 atom stereocenters. The van der Waals surface area contributed by atoms with Crippen molar-refractivity contribution in [3.63, 3.8) is 0 Å². The number of carboxylic acid groups (broad SMARTS) is 2. The van der Waals surface area contributed by atoms with E-state index >= 15 is 0 Å². The van der Waals surface area contributed by atoms with Gasteiger partial charge in [0.1, 0.15) is 66.5 Å². The molecule has 10 heterocycles. The number of pyridine rings is 4. The first-order valence-electron chi connectivity index (χ1n) is 45.8. The molecule has 4 unspecified atom stereocenters. The zero-order valence-electron chi connectivity index (χ0n) is 79.2. The van der Waals surface area contributed by atoms with Crippen LogP contribution >= 0.6 is 46.4 Å². The molecule has 0 aliphatic carbocycles. The molecule has 0 bridgehead atoms. The number of anilines is 2. The number of hydrogen-bond acceptors (Lipinski definition) is 24. The number of carbonyl (C=O) groups is 6. The predicted octanol–water partition coefficient (Wildman–Crippen LogP) is 16.9. The molecule has 38 nitrogen and oxygen atoms in total. The summed E-state index contributed by atoms with van der Waals surface area (Å²) in [5, 5.41) is 73.3. The second-order valence-electron chi connectivity index (χ2n) is 34.7. The number of esters is 2. The number of hydrogen-bond donors (Lipinski definition) is 6. The Morgan fingerprint density at radius 2 is 0.651 bits per heavy atom. The number of benzene rings is 10. The maximum Gasteiger partial charge on any atom is 0.355 e. The molecule has 6 N–H and O–H groups in total. The highest BCUT2D eigenvalue weighted by atomic mass is 35.5. The van der Waals surface area contributed by atoms with Crippen LogP contribution in [-0.2, 0) is 54.3 Å². The number of H-pyrrole nitrogens is 2. The second kappa shape index (κ2) is 45.9. The summed E-state index contributed by atoms with van der Waals surface area (Å²) in [6.07, 6.45) is 13.1. The molecule has 10 aromatic carbocycles. The number of methoxy groups -OCH3 is 1. The Hall–Kier alpha value is -18.7. The summed E-state index contributed by atoms with van der Waals surface area (Å²) in [7, 11) is 1.31. The van der Waals surface area contributed by atoms with Gasteiger partial charge in [-0.3, -0.25) is 28.8 Å². The standard InChI is InChI=1S/C34H30ClN7O4.C30H22ClN7O4.C22H18ClN5O3.C21H16ClN5O3/c1-34(2,3)46-33(45)28-17-23-16-25(10-11-27(23)38-28)37-32(44)30(15-21-7-5-4-6-8-21)41-14-13-22(18-31(41)43)26-19-24(35)9-12-29(26)42-20-36-39-40-42;31-21-6-9-26(38-17-32-35-36-38)23(16-21)19-10-11-37(28(39)15-19)27(12-18-4-2-1-3-5-18)29(40)33-22-7-8-24-20(13-22)14-25(34-24)30(41)42;1-31-22(30)20(11-15-5-3-2-4-6-15)27-10-9-16(12-21(27)29)18-13-17(23)7-8-19(18)28-14-24-25-26-28;22-16-6-7-18(27-13-23-24-25-27)17(12-16)15-8-9-26(20(28)11-15)19(21(29)30)10-14-4-2-1-3-5-14/h4-14,16-20,30,38H,15H2,1-3H3,(H,37,44);1-11,13-17,27,34H,12H2,(H,33,40)(H,41,42);2-10,12-14,20H,11H2,1H3;1-9,11-13,19H,10H2,(H,29,30). The molecule has 10 aromatic heterocycles. The lowest BCUT2D eigenvalue weighted by Crippen LogP contribution is -2.34. The van der Waals surface area contributed by atoms with Gasteiger partial charge in [0.25, 0.3) is 22.2 Å². The molecular weight excluding hydrogens is 1990 g/mol. The lowest BCUT2D eigenvalue weighted by atomic mass is 10.0. The number of halogens is 4. The number of tetrazole rings is 4. The fourth-order valence-corrected chi connectivity index (χ4v) is 17.3. The van der Waals surface area contributed by atoms with Gasteiger partial charge in [0.15, 0.2) is 0 Å². The quantitative estimate of drug-likeness (QED) is 0.0248. The normalized spacial score (nSPS) is 11.9. The third-order valence-corrected chi connectivity index (χ3v) is 24.6. The van der Waals surface area contributed by atoms with E-state index in [4.69, 9.17) is 55.9 Å². The Kier molecular flexibility index (Phi) is 31.4. The molecule has 0 aliphatic heterocycles. The number of nitrogens with one attached hydrogen (secondary N) is 4. The Bertz CT molecular complexity index is 8520. The largest absolute Gasteiger partial charge is 0.480 e. The lowest BCUT2D eigenvalue weighted by Gasteiger charge is -2.20. The summed E-state index contributed by atoms with van der Waals surface area (Å²) in [6, 6.07) is 81.0. The molecule has 746 valence electrons. The first-order valence-corrected chi connectivity index (χ1v) is 47.3. The number of aromatic amines is 2. The second-order valence-corrected chi connectivity index (χ2v) is 36.5. The maximum absolute atomic E-state index is 13.9. The lowest BCUT2D eigenvalue weighted by molar-refractivity contribution is -0.144. The predicted molar refractivity (Wildman–Crippen MR) is 558 cm³/mol. The Morgan fingerprint density at radius 1 is 0.356 bits per heavy atom. The van der Waals surface area contributed by atoms with Gasteiger partial charge in [-0.1, -0.05) is 168 Å². The summed E-state index contributed by atoms with van der Waals surface area (Å²) in [5.41, 5.74) is 11.6. The van der Waals surface area contributed by atoms with E-state index in [-0.39, 0.29) is 42.0 Å². The number of carbonyl (C=O) groups excluding carboxylic acids is 4. The van der Waals surface area contributed by atoms with Crippen molar-refractivity contribution in [3.05, 3.63) is 436 Å². The summed E-state index contributed by atoms with van der Waals surface area (Å²) in [6.45, 7) is 5.41. The molecule has 20 aromatic rings. The van der Waals surface area contributed by atoms with Crippen LogP contribution in [0.15, 0.2) is 360 Å². The molecule has 0 aliphatic rings. The summed E-state index contributed by atoms with van der Waals surface area (Å²) >= 11 is 25.0. The van der Waals surface area contributed by atoms with Crippen molar-refractivity contribution in [3.8, 4) is 67.3 Å². The minimum absolute atomic E-state index is 0.0463. The molecule has 0 radical (unpaired) electrons. The van der Waals surface area contributed by atoms with Gasteiger partial charge in [-0.05, 0) is 253 Å². The Balaban J connectivity index is 0.000000137. The number of nitrogens with zero attached hydrogens (tertiary/aromatic N) is 20. The average molecular weight is 2070 g/mol. The van der Waals surface area contributed by atoms with Crippen molar-refractivity contribution < 1.29 is 48.5 Å². The smallest absolute Gasteiger partial charge is 0.355 e. The van der Waals surface area contributed by atoms with Gasteiger partial charge in [0.05, 0.1) is 29.9 Å². The molecule has 2 amide bonds. The number of carboxylic acids is 2. The van der Waals surface area contributed by atoms with Gasteiger partial charge >= 0.3 is 23.9 Å². The third kappa shape index (κ3) is 24.9. The number of aromatic nitrogens is 22. The van der Waals surface area contributed by atoms with Crippen LogP contribution in [0.1, 0.15) is 88.2 Å². The van der Waals surface area contributed by atoms with Crippen molar-refractivity contribution in [2.45, 2.75) is 76.2 Å². The van der Waals surface area contributed by atoms with Crippen LogP contribution in [-0.4, -0.2) is 168 Å². The van der Waals surface area contributed by atoms with E-state index in [9.17, 15) is 58.2 Å². The van der Waals surface area contributed by atoms with Crippen LogP contribution < -0.4 is 32.9 Å².